The monoisotopic (exact) mass is 158 g/mol. The van der Waals surface area contributed by atoms with Gasteiger partial charge in [-0.15, -0.1) is 0 Å². The van der Waals surface area contributed by atoms with E-state index in [1.807, 2.05) is 7.05 Å². The first-order valence-electron chi connectivity index (χ1n) is 4.53. The predicted octanol–water partition coefficient (Wildman–Crippen LogP) is 1.32. The van der Waals surface area contributed by atoms with Gasteiger partial charge in [-0.1, -0.05) is 6.92 Å². The lowest BCUT2D eigenvalue weighted by Crippen LogP contribution is -2.43. The molecule has 0 aromatic heterocycles. The lowest BCUT2D eigenvalue weighted by molar-refractivity contribution is 0.172. The van der Waals surface area contributed by atoms with Crippen molar-refractivity contribution in [1.29, 1.82) is 0 Å². The fraction of sp³-hybridized carbons (Fsp3) is 1.00. The molecular formula is C9H22N2. The van der Waals surface area contributed by atoms with Crippen LogP contribution in [0.1, 0.15) is 27.7 Å². The minimum atomic E-state index is 0.644. The molecule has 2 heteroatoms. The third-order valence-electron chi connectivity index (χ3n) is 2.09. The van der Waals surface area contributed by atoms with Crippen LogP contribution < -0.4 is 5.32 Å². The summed E-state index contributed by atoms with van der Waals surface area (Å²) in [5.41, 5.74) is 0. The third-order valence-corrected chi connectivity index (χ3v) is 2.09. The zero-order valence-corrected chi connectivity index (χ0v) is 8.52. The lowest BCUT2D eigenvalue weighted by atomic mass is 10.2. The summed E-state index contributed by atoms with van der Waals surface area (Å²) in [4.78, 5) is 2.48. The van der Waals surface area contributed by atoms with Gasteiger partial charge in [0.15, 0.2) is 0 Å². The van der Waals surface area contributed by atoms with Crippen molar-refractivity contribution >= 4 is 0 Å². The maximum atomic E-state index is 3.20. The summed E-state index contributed by atoms with van der Waals surface area (Å²) in [5.74, 6) is 0. The van der Waals surface area contributed by atoms with Crippen LogP contribution in [0.25, 0.3) is 0 Å². The van der Waals surface area contributed by atoms with Gasteiger partial charge in [-0.2, -0.15) is 0 Å². The highest BCUT2D eigenvalue weighted by Crippen LogP contribution is 2.03. The molecule has 0 aliphatic rings. The highest BCUT2D eigenvalue weighted by Gasteiger charge is 2.13. The van der Waals surface area contributed by atoms with Crippen LogP contribution >= 0.6 is 0 Å². The molecule has 0 bridgehead atoms. The van der Waals surface area contributed by atoms with E-state index in [0.717, 1.165) is 13.1 Å². The molecule has 0 amide bonds. The van der Waals surface area contributed by atoms with E-state index in [1.165, 1.54) is 0 Å². The van der Waals surface area contributed by atoms with Crippen LogP contribution in [0.5, 0.6) is 0 Å². The topological polar surface area (TPSA) is 15.3 Å². The number of nitrogens with one attached hydrogen (secondary N) is 1. The molecule has 0 radical (unpaired) electrons. The molecule has 0 rings (SSSR count). The van der Waals surface area contributed by atoms with E-state index in [4.69, 9.17) is 0 Å². The Morgan fingerprint density at radius 1 is 1.27 bits per heavy atom. The number of likely N-dealkylation sites (N-methyl/N-ethyl adjacent to an activating group) is 2. The second-order valence-corrected chi connectivity index (χ2v) is 3.33. The van der Waals surface area contributed by atoms with E-state index >= 15 is 0 Å². The van der Waals surface area contributed by atoms with Crippen LogP contribution in [-0.4, -0.2) is 37.1 Å². The highest BCUT2D eigenvalue weighted by atomic mass is 15.2. The molecule has 1 N–H and O–H groups in total. The van der Waals surface area contributed by atoms with Gasteiger partial charge in [-0.05, 0) is 34.4 Å². The van der Waals surface area contributed by atoms with Gasteiger partial charge in [-0.25, -0.2) is 0 Å². The maximum absolute atomic E-state index is 3.20. The van der Waals surface area contributed by atoms with Crippen LogP contribution in [0.15, 0.2) is 0 Å². The molecular weight excluding hydrogens is 136 g/mol. The van der Waals surface area contributed by atoms with Crippen LogP contribution in [0.2, 0.25) is 0 Å². The molecule has 0 saturated heterocycles. The number of rotatable bonds is 5. The van der Waals surface area contributed by atoms with Crippen LogP contribution in [0.3, 0.4) is 0 Å². The average molecular weight is 158 g/mol. The fourth-order valence-corrected chi connectivity index (χ4v) is 1.60. The van der Waals surface area contributed by atoms with Crippen LogP contribution in [-0.2, 0) is 0 Å². The van der Waals surface area contributed by atoms with Gasteiger partial charge in [0.1, 0.15) is 0 Å². The number of hydrogen-bond donors (Lipinski definition) is 1. The zero-order chi connectivity index (χ0) is 8.85. The first-order chi connectivity index (χ1) is 5.13. The van der Waals surface area contributed by atoms with Gasteiger partial charge >= 0.3 is 0 Å². The molecule has 0 fully saturated rings. The van der Waals surface area contributed by atoms with Crippen molar-refractivity contribution < 1.29 is 0 Å². The van der Waals surface area contributed by atoms with Crippen molar-refractivity contribution in [3.63, 3.8) is 0 Å². The number of hydrogen-bond acceptors (Lipinski definition) is 2. The normalized spacial score (nSPS) is 14.5. The van der Waals surface area contributed by atoms with Gasteiger partial charge in [-0.3, -0.25) is 4.90 Å². The minimum absolute atomic E-state index is 0.644. The first kappa shape index (κ1) is 10.9. The Hall–Kier alpha value is -0.0800. The van der Waals surface area contributed by atoms with Gasteiger partial charge in [0, 0.05) is 18.6 Å². The second-order valence-electron chi connectivity index (χ2n) is 3.33. The van der Waals surface area contributed by atoms with E-state index in [9.17, 15) is 0 Å². The highest BCUT2D eigenvalue weighted by molar-refractivity contribution is 4.70. The Bertz CT molecular complexity index is 91.6. The fourth-order valence-electron chi connectivity index (χ4n) is 1.60. The van der Waals surface area contributed by atoms with E-state index in [0.29, 0.717) is 12.1 Å². The van der Waals surface area contributed by atoms with E-state index in [2.05, 4.69) is 37.9 Å². The van der Waals surface area contributed by atoms with Gasteiger partial charge in [0.05, 0.1) is 0 Å². The Labute approximate surface area is 71.0 Å². The van der Waals surface area contributed by atoms with Crippen molar-refractivity contribution in [2.45, 2.75) is 39.8 Å². The Morgan fingerprint density at radius 3 is 2.09 bits per heavy atom. The van der Waals surface area contributed by atoms with Crippen molar-refractivity contribution in [2.24, 2.45) is 0 Å². The number of nitrogens with zero attached hydrogens (tertiary/aromatic N) is 1. The minimum Gasteiger partial charge on any atom is -0.318 e. The van der Waals surface area contributed by atoms with Crippen molar-refractivity contribution in [2.75, 3.05) is 20.1 Å². The Morgan fingerprint density at radius 2 is 1.82 bits per heavy atom. The molecule has 0 aromatic carbocycles. The largest absolute Gasteiger partial charge is 0.318 e. The van der Waals surface area contributed by atoms with Crippen LogP contribution in [0, 0.1) is 0 Å². The Balaban J connectivity index is 3.81. The first-order valence-corrected chi connectivity index (χ1v) is 4.53. The molecule has 0 spiro atoms. The second kappa shape index (κ2) is 5.56. The van der Waals surface area contributed by atoms with Gasteiger partial charge in [0.2, 0.25) is 0 Å². The summed E-state index contributed by atoms with van der Waals surface area (Å²) in [6, 6.07) is 1.30. The lowest BCUT2D eigenvalue weighted by Gasteiger charge is -2.31. The predicted molar refractivity (Wildman–Crippen MR) is 50.9 cm³/mol. The molecule has 0 aliphatic carbocycles. The summed E-state index contributed by atoms with van der Waals surface area (Å²) in [6.07, 6.45) is 0. The molecule has 68 valence electrons. The van der Waals surface area contributed by atoms with Crippen molar-refractivity contribution in [3.8, 4) is 0 Å². The quantitative estimate of drug-likeness (QED) is 0.649. The molecule has 0 aliphatic heterocycles. The molecule has 0 aromatic rings. The molecule has 1 atom stereocenters. The smallest absolute Gasteiger partial charge is 0.0194 e. The van der Waals surface area contributed by atoms with Gasteiger partial charge in [0.25, 0.3) is 0 Å². The van der Waals surface area contributed by atoms with Gasteiger partial charge < -0.3 is 5.32 Å². The molecule has 0 saturated carbocycles. The van der Waals surface area contributed by atoms with E-state index in [1.54, 1.807) is 0 Å². The van der Waals surface area contributed by atoms with E-state index < -0.39 is 0 Å². The standard InChI is InChI=1S/C9H22N2/c1-6-11(8(2)3)9(4)7-10-5/h8-10H,6-7H2,1-5H3. The third kappa shape index (κ3) is 3.73. The molecule has 2 nitrogen and oxygen atoms in total. The molecule has 0 heterocycles. The average Bonchev–Trinajstić information content (AvgIpc) is 1.88. The summed E-state index contributed by atoms with van der Waals surface area (Å²) >= 11 is 0. The van der Waals surface area contributed by atoms with E-state index in [-0.39, 0.29) is 0 Å². The summed E-state index contributed by atoms with van der Waals surface area (Å²) in [6.45, 7) is 11.2. The summed E-state index contributed by atoms with van der Waals surface area (Å²) in [7, 11) is 2.00. The summed E-state index contributed by atoms with van der Waals surface area (Å²) in [5, 5.41) is 3.20. The van der Waals surface area contributed by atoms with Crippen LogP contribution in [0.4, 0.5) is 0 Å². The van der Waals surface area contributed by atoms with Crippen molar-refractivity contribution in [3.05, 3.63) is 0 Å². The molecule has 1 unspecified atom stereocenters. The van der Waals surface area contributed by atoms with Crippen molar-refractivity contribution in [1.82, 2.24) is 10.2 Å². The maximum Gasteiger partial charge on any atom is 0.0194 e. The SMILES string of the molecule is CCN(C(C)C)C(C)CNC. The zero-order valence-electron chi connectivity index (χ0n) is 8.52. The summed E-state index contributed by atoms with van der Waals surface area (Å²) < 4.78 is 0. The molecule has 11 heavy (non-hydrogen) atoms. The Kier molecular flexibility index (Phi) is 5.51.